The lowest BCUT2D eigenvalue weighted by atomic mass is 10.1. The second kappa shape index (κ2) is 7.23. The first-order valence-corrected chi connectivity index (χ1v) is 11.1. The van der Waals surface area contributed by atoms with Crippen LogP contribution in [0.5, 0.6) is 0 Å². The molecule has 0 aliphatic carbocycles. The highest BCUT2D eigenvalue weighted by atomic mass is 35.5. The number of hydrogen-bond acceptors (Lipinski definition) is 5. The molecule has 3 rings (SSSR count). The molecule has 9 heteroatoms. The molecule has 0 N–H and O–H groups in total. The molecule has 0 amide bonds. The van der Waals surface area contributed by atoms with Crippen LogP contribution in [0.4, 0.5) is 0 Å². The summed E-state index contributed by atoms with van der Waals surface area (Å²) in [7, 11) is -0.957. The Morgan fingerprint density at radius 3 is 2.79 bits per heavy atom. The van der Waals surface area contributed by atoms with Crippen molar-refractivity contribution in [1.82, 2.24) is 14.8 Å². The van der Waals surface area contributed by atoms with Crippen molar-refractivity contribution in [2.24, 2.45) is 13.0 Å². The van der Waals surface area contributed by atoms with Crippen molar-refractivity contribution in [3.05, 3.63) is 39.6 Å². The highest BCUT2D eigenvalue weighted by molar-refractivity contribution is 7.98. The van der Waals surface area contributed by atoms with Crippen LogP contribution in [-0.2, 0) is 29.1 Å². The Hall–Kier alpha value is -0.760. The first-order chi connectivity index (χ1) is 11.3. The van der Waals surface area contributed by atoms with Crippen LogP contribution in [0, 0.1) is 5.92 Å². The standard InChI is InChI=1S/C15H17Cl2N3O2S2/c1-20-14(6-10-4-5-24(21,22)9-10)18-19-15(20)23-8-11-2-3-12(16)7-13(11)17/h2-3,7,10H,4-6,8-9H2,1H3/t10-/m1/s1. The zero-order valence-corrected chi connectivity index (χ0v) is 16.2. The zero-order valence-electron chi connectivity index (χ0n) is 13.1. The molecule has 5 nitrogen and oxygen atoms in total. The summed E-state index contributed by atoms with van der Waals surface area (Å²) in [5, 5.41) is 10.5. The summed E-state index contributed by atoms with van der Waals surface area (Å²) >= 11 is 13.6. The van der Waals surface area contributed by atoms with E-state index in [0.717, 1.165) is 16.5 Å². The van der Waals surface area contributed by atoms with E-state index in [2.05, 4.69) is 10.2 Å². The fraction of sp³-hybridized carbons (Fsp3) is 0.467. The third-order valence-corrected chi connectivity index (χ3v) is 7.59. The molecule has 1 aromatic carbocycles. The molecule has 24 heavy (non-hydrogen) atoms. The Kier molecular flexibility index (Phi) is 5.44. The van der Waals surface area contributed by atoms with E-state index >= 15 is 0 Å². The number of rotatable bonds is 5. The first-order valence-electron chi connectivity index (χ1n) is 7.49. The molecule has 1 fully saturated rings. The highest BCUT2D eigenvalue weighted by Crippen LogP contribution is 2.28. The van der Waals surface area contributed by atoms with E-state index in [9.17, 15) is 8.42 Å². The molecule has 0 radical (unpaired) electrons. The smallest absolute Gasteiger partial charge is 0.191 e. The van der Waals surface area contributed by atoms with E-state index in [-0.39, 0.29) is 17.4 Å². The molecule has 1 saturated heterocycles. The average Bonchev–Trinajstić information content (AvgIpc) is 3.02. The fourth-order valence-electron chi connectivity index (χ4n) is 2.72. The lowest BCUT2D eigenvalue weighted by molar-refractivity contribution is 0.552. The van der Waals surface area contributed by atoms with Crippen molar-refractivity contribution in [1.29, 1.82) is 0 Å². The monoisotopic (exact) mass is 405 g/mol. The van der Waals surface area contributed by atoms with Crippen molar-refractivity contribution in [3.63, 3.8) is 0 Å². The Balaban J connectivity index is 1.64. The van der Waals surface area contributed by atoms with Gasteiger partial charge in [0.1, 0.15) is 5.82 Å². The molecular formula is C15H17Cl2N3O2S2. The summed E-state index contributed by atoms with van der Waals surface area (Å²) < 4.78 is 25.1. The van der Waals surface area contributed by atoms with Crippen LogP contribution >= 0.6 is 35.0 Å². The lowest BCUT2D eigenvalue weighted by Crippen LogP contribution is -2.11. The Morgan fingerprint density at radius 2 is 2.12 bits per heavy atom. The molecule has 0 unspecified atom stereocenters. The molecule has 1 atom stereocenters. The number of halogens is 2. The van der Waals surface area contributed by atoms with E-state index in [4.69, 9.17) is 23.2 Å². The molecule has 1 aliphatic heterocycles. The van der Waals surface area contributed by atoms with Crippen LogP contribution in [0.3, 0.4) is 0 Å². The molecule has 0 spiro atoms. The number of nitrogens with zero attached hydrogens (tertiary/aromatic N) is 3. The maximum absolute atomic E-state index is 11.6. The first kappa shape index (κ1) is 18.0. The van der Waals surface area contributed by atoms with Crippen molar-refractivity contribution in [2.45, 2.75) is 23.8 Å². The van der Waals surface area contributed by atoms with Gasteiger partial charge in [-0.3, -0.25) is 0 Å². The van der Waals surface area contributed by atoms with E-state index < -0.39 is 9.84 Å². The minimum atomic E-state index is -2.86. The molecule has 1 aromatic heterocycles. The summed E-state index contributed by atoms with van der Waals surface area (Å²) in [4.78, 5) is 0. The molecule has 1 aliphatic rings. The lowest BCUT2D eigenvalue weighted by Gasteiger charge is -2.08. The van der Waals surface area contributed by atoms with Gasteiger partial charge in [0.05, 0.1) is 11.5 Å². The van der Waals surface area contributed by atoms with Gasteiger partial charge in [-0.1, -0.05) is 41.0 Å². The summed E-state index contributed by atoms with van der Waals surface area (Å²) in [6.45, 7) is 0. The van der Waals surface area contributed by atoms with Crippen LogP contribution in [0.25, 0.3) is 0 Å². The number of hydrogen-bond donors (Lipinski definition) is 0. The molecule has 2 aromatic rings. The van der Waals surface area contributed by atoms with Crippen molar-refractivity contribution < 1.29 is 8.42 Å². The van der Waals surface area contributed by atoms with Gasteiger partial charge in [-0.2, -0.15) is 0 Å². The molecule has 0 saturated carbocycles. The highest BCUT2D eigenvalue weighted by Gasteiger charge is 2.29. The van der Waals surface area contributed by atoms with Crippen molar-refractivity contribution in [3.8, 4) is 0 Å². The maximum atomic E-state index is 11.6. The van der Waals surface area contributed by atoms with E-state index in [1.807, 2.05) is 23.7 Å². The predicted molar refractivity (Wildman–Crippen MR) is 97.5 cm³/mol. The van der Waals surface area contributed by atoms with Gasteiger partial charge in [-0.05, 0) is 30.0 Å². The summed E-state index contributed by atoms with van der Waals surface area (Å²) in [5.41, 5.74) is 0.984. The van der Waals surface area contributed by atoms with Crippen molar-refractivity contribution >= 4 is 44.8 Å². The van der Waals surface area contributed by atoms with E-state index in [0.29, 0.717) is 28.6 Å². The predicted octanol–water partition coefficient (Wildman–Crippen LogP) is 3.39. The van der Waals surface area contributed by atoms with Gasteiger partial charge in [0.2, 0.25) is 0 Å². The molecule has 0 bridgehead atoms. The van der Waals surface area contributed by atoms with Crippen molar-refractivity contribution in [2.75, 3.05) is 11.5 Å². The van der Waals surface area contributed by atoms with E-state index in [1.165, 1.54) is 0 Å². The van der Waals surface area contributed by atoms with Gasteiger partial charge in [-0.25, -0.2) is 8.42 Å². The van der Waals surface area contributed by atoms with Gasteiger partial charge in [0.25, 0.3) is 0 Å². The molecular weight excluding hydrogens is 389 g/mol. The number of aromatic nitrogens is 3. The van der Waals surface area contributed by atoms with Crippen LogP contribution in [0.1, 0.15) is 17.8 Å². The van der Waals surface area contributed by atoms with Crippen LogP contribution < -0.4 is 0 Å². The topological polar surface area (TPSA) is 64.8 Å². The Bertz CT molecular complexity index is 852. The zero-order chi connectivity index (χ0) is 17.3. The fourth-order valence-corrected chi connectivity index (χ4v) is 6.07. The maximum Gasteiger partial charge on any atom is 0.191 e. The number of thioether (sulfide) groups is 1. The second-order valence-corrected chi connectivity index (χ2v) is 9.97. The minimum Gasteiger partial charge on any atom is -0.309 e. The van der Waals surface area contributed by atoms with Gasteiger partial charge in [-0.15, -0.1) is 10.2 Å². The number of benzene rings is 1. The van der Waals surface area contributed by atoms with Gasteiger partial charge in [0, 0.05) is 29.3 Å². The summed E-state index contributed by atoms with van der Waals surface area (Å²) in [6, 6.07) is 5.44. The number of sulfone groups is 1. The van der Waals surface area contributed by atoms with Crippen LogP contribution in [0.2, 0.25) is 10.0 Å². The third kappa shape index (κ3) is 4.25. The molecule has 130 valence electrons. The Labute approximate surface area is 155 Å². The summed E-state index contributed by atoms with van der Waals surface area (Å²) in [6.07, 6.45) is 1.35. The van der Waals surface area contributed by atoms with Crippen LogP contribution in [-0.4, -0.2) is 34.7 Å². The minimum absolute atomic E-state index is 0.140. The molecule has 2 heterocycles. The van der Waals surface area contributed by atoms with E-state index in [1.54, 1.807) is 17.8 Å². The SMILES string of the molecule is Cn1c(C[C@H]2CCS(=O)(=O)C2)nnc1SCc1ccc(Cl)cc1Cl. The van der Waals surface area contributed by atoms with Crippen LogP contribution in [0.15, 0.2) is 23.4 Å². The third-order valence-electron chi connectivity index (χ3n) is 4.09. The largest absolute Gasteiger partial charge is 0.309 e. The normalized spacial score (nSPS) is 19.7. The Morgan fingerprint density at radius 1 is 1.33 bits per heavy atom. The summed E-state index contributed by atoms with van der Waals surface area (Å²) in [5.74, 6) is 2.16. The quantitative estimate of drug-likeness (QED) is 0.713. The second-order valence-electron chi connectivity index (χ2n) is 5.96. The van der Waals surface area contributed by atoms with Gasteiger partial charge in [0.15, 0.2) is 15.0 Å². The van der Waals surface area contributed by atoms with Gasteiger partial charge >= 0.3 is 0 Å². The van der Waals surface area contributed by atoms with Gasteiger partial charge < -0.3 is 4.57 Å². The average molecular weight is 406 g/mol.